The van der Waals surface area contributed by atoms with E-state index in [9.17, 15) is 9.18 Å². The minimum atomic E-state index is -0.175. The van der Waals surface area contributed by atoms with E-state index in [4.69, 9.17) is 4.74 Å². The van der Waals surface area contributed by atoms with Crippen LogP contribution in [-0.4, -0.2) is 41.9 Å². The van der Waals surface area contributed by atoms with Crippen molar-refractivity contribution in [1.82, 2.24) is 9.80 Å². The fourth-order valence-electron chi connectivity index (χ4n) is 4.07. The molecular weight excluding hydrogens is 415 g/mol. The number of amides is 1. The van der Waals surface area contributed by atoms with Gasteiger partial charge in [-0.1, -0.05) is 56.3 Å². The Balaban J connectivity index is 1.31. The summed E-state index contributed by atoms with van der Waals surface area (Å²) in [5.41, 5.74) is 3.62. The lowest BCUT2D eigenvalue weighted by molar-refractivity contribution is 0.0627. The van der Waals surface area contributed by atoms with Crippen molar-refractivity contribution in [3.63, 3.8) is 0 Å². The fraction of sp³-hybridized carbons (Fsp3) is 0.321. The molecule has 0 bridgehead atoms. The van der Waals surface area contributed by atoms with Crippen molar-refractivity contribution in [2.24, 2.45) is 0 Å². The SMILES string of the molecule is CC(C)c1ccc(OCc2cccc(C(=O)N3CCN(Cc4ccccc4F)CC3)c2)cc1. The van der Waals surface area contributed by atoms with Gasteiger partial charge in [0, 0.05) is 43.9 Å². The molecule has 1 fully saturated rings. The van der Waals surface area contributed by atoms with Gasteiger partial charge in [0.15, 0.2) is 0 Å². The first-order valence-corrected chi connectivity index (χ1v) is 11.6. The zero-order valence-electron chi connectivity index (χ0n) is 19.3. The van der Waals surface area contributed by atoms with E-state index in [0.717, 1.165) is 24.4 Å². The van der Waals surface area contributed by atoms with Crippen LogP contribution in [0.4, 0.5) is 4.39 Å². The second-order valence-corrected chi connectivity index (χ2v) is 8.87. The van der Waals surface area contributed by atoms with Crippen molar-refractivity contribution >= 4 is 5.91 Å². The third-order valence-corrected chi connectivity index (χ3v) is 6.14. The quantitative estimate of drug-likeness (QED) is 0.481. The number of halogens is 1. The lowest BCUT2D eigenvalue weighted by atomic mass is 10.0. The molecule has 0 atom stereocenters. The zero-order chi connectivity index (χ0) is 23.2. The van der Waals surface area contributed by atoms with E-state index in [0.29, 0.717) is 43.3 Å². The van der Waals surface area contributed by atoms with Crippen LogP contribution in [0.1, 0.15) is 46.8 Å². The molecule has 1 heterocycles. The minimum absolute atomic E-state index is 0.0312. The van der Waals surface area contributed by atoms with Gasteiger partial charge in [-0.2, -0.15) is 0 Å². The highest BCUT2D eigenvalue weighted by Gasteiger charge is 2.23. The smallest absolute Gasteiger partial charge is 0.253 e. The van der Waals surface area contributed by atoms with Gasteiger partial charge in [-0.25, -0.2) is 4.39 Å². The lowest BCUT2D eigenvalue weighted by Gasteiger charge is -2.35. The number of carbonyl (C=O) groups is 1. The molecule has 0 aliphatic carbocycles. The van der Waals surface area contributed by atoms with Crippen LogP contribution in [0.2, 0.25) is 0 Å². The lowest BCUT2D eigenvalue weighted by Crippen LogP contribution is -2.48. The molecule has 1 aliphatic heterocycles. The molecule has 5 heteroatoms. The molecular formula is C28H31FN2O2. The van der Waals surface area contributed by atoms with Gasteiger partial charge in [0.1, 0.15) is 18.2 Å². The Hall–Kier alpha value is -3.18. The van der Waals surface area contributed by atoms with Crippen LogP contribution < -0.4 is 4.74 Å². The molecule has 3 aromatic rings. The van der Waals surface area contributed by atoms with E-state index in [1.165, 1.54) is 11.6 Å². The first kappa shape index (κ1) is 23.0. The monoisotopic (exact) mass is 446 g/mol. The van der Waals surface area contributed by atoms with Gasteiger partial charge < -0.3 is 9.64 Å². The molecule has 0 radical (unpaired) electrons. The predicted octanol–water partition coefficient (Wildman–Crippen LogP) is 5.49. The summed E-state index contributed by atoms with van der Waals surface area (Å²) in [5, 5.41) is 0. The highest BCUT2D eigenvalue weighted by Crippen LogP contribution is 2.20. The number of nitrogens with zero attached hydrogens (tertiary/aromatic N) is 2. The summed E-state index contributed by atoms with van der Waals surface area (Å²) in [6, 6.07) is 22.7. The van der Waals surface area contributed by atoms with Gasteiger partial charge in [0.05, 0.1) is 0 Å². The fourth-order valence-corrected chi connectivity index (χ4v) is 4.07. The van der Waals surface area contributed by atoms with Gasteiger partial charge in [0.2, 0.25) is 0 Å². The highest BCUT2D eigenvalue weighted by molar-refractivity contribution is 5.94. The molecule has 33 heavy (non-hydrogen) atoms. The third kappa shape index (κ3) is 5.99. The summed E-state index contributed by atoms with van der Waals surface area (Å²) in [7, 11) is 0. The van der Waals surface area contributed by atoms with Crippen LogP contribution in [0.5, 0.6) is 5.75 Å². The topological polar surface area (TPSA) is 32.8 Å². The molecule has 1 aliphatic rings. The van der Waals surface area contributed by atoms with E-state index >= 15 is 0 Å². The van der Waals surface area contributed by atoms with E-state index in [1.807, 2.05) is 53.4 Å². The van der Waals surface area contributed by atoms with Crippen molar-refractivity contribution in [2.45, 2.75) is 32.9 Å². The number of benzene rings is 3. The Bertz CT molecular complexity index is 1070. The number of hydrogen-bond acceptors (Lipinski definition) is 3. The normalized spacial score (nSPS) is 14.5. The largest absolute Gasteiger partial charge is 0.489 e. The number of hydrogen-bond donors (Lipinski definition) is 0. The van der Waals surface area contributed by atoms with Crippen molar-refractivity contribution in [2.75, 3.05) is 26.2 Å². The Labute approximate surface area is 195 Å². The predicted molar refractivity (Wildman–Crippen MR) is 129 cm³/mol. The molecule has 1 saturated heterocycles. The summed E-state index contributed by atoms with van der Waals surface area (Å²) in [6.45, 7) is 8.05. The van der Waals surface area contributed by atoms with Gasteiger partial charge in [-0.3, -0.25) is 9.69 Å². The molecule has 0 spiro atoms. The zero-order valence-corrected chi connectivity index (χ0v) is 19.3. The molecule has 4 rings (SSSR count). The summed E-state index contributed by atoms with van der Waals surface area (Å²) in [4.78, 5) is 17.1. The maximum atomic E-state index is 13.9. The molecule has 4 nitrogen and oxygen atoms in total. The van der Waals surface area contributed by atoms with Crippen molar-refractivity contribution < 1.29 is 13.9 Å². The van der Waals surface area contributed by atoms with Crippen molar-refractivity contribution in [3.8, 4) is 5.75 Å². The second kappa shape index (κ2) is 10.6. The van der Waals surface area contributed by atoms with Crippen LogP contribution in [-0.2, 0) is 13.2 Å². The second-order valence-electron chi connectivity index (χ2n) is 8.87. The number of ether oxygens (including phenoxy) is 1. The maximum Gasteiger partial charge on any atom is 0.253 e. The standard InChI is InChI=1S/C28H31FN2O2/c1-21(2)23-10-12-26(13-11-23)33-20-22-6-5-8-24(18-22)28(32)31-16-14-30(15-17-31)19-25-7-3-4-9-27(25)29/h3-13,18,21H,14-17,19-20H2,1-2H3. The Morgan fingerprint density at radius 2 is 1.67 bits per heavy atom. The van der Waals surface area contributed by atoms with E-state index in [1.54, 1.807) is 6.07 Å². The number of rotatable bonds is 7. The summed E-state index contributed by atoms with van der Waals surface area (Å²) in [5.74, 6) is 1.17. The van der Waals surface area contributed by atoms with Crippen LogP contribution in [0, 0.1) is 5.82 Å². The van der Waals surface area contributed by atoms with Gasteiger partial charge in [0.25, 0.3) is 5.91 Å². The Morgan fingerprint density at radius 3 is 2.36 bits per heavy atom. The van der Waals surface area contributed by atoms with Crippen LogP contribution in [0.15, 0.2) is 72.8 Å². The maximum absolute atomic E-state index is 13.9. The summed E-state index contributed by atoms with van der Waals surface area (Å²) >= 11 is 0. The van der Waals surface area contributed by atoms with E-state index in [2.05, 4.69) is 30.9 Å². The average molecular weight is 447 g/mol. The van der Waals surface area contributed by atoms with Gasteiger partial charge in [-0.05, 0) is 47.4 Å². The van der Waals surface area contributed by atoms with Crippen molar-refractivity contribution in [3.05, 3.63) is 101 Å². The Morgan fingerprint density at radius 1 is 0.939 bits per heavy atom. The molecule has 0 unspecified atom stereocenters. The highest BCUT2D eigenvalue weighted by atomic mass is 19.1. The molecule has 172 valence electrons. The first-order chi connectivity index (χ1) is 16.0. The van der Waals surface area contributed by atoms with E-state index < -0.39 is 0 Å². The molecule has 3 aromatic carbocycles. The van der Waals surface area contributed by atoms with Crippen LogP contribution in [0.3, 0.4) is 0 Å². The average Bonchev–Trinajstić information content (AvgIpc) is 2.84. The summed E-state index contributed by atoms with van der Waals surface area (Å²) < 4.78 is 19.9. The van der Waals surface area contributed by atoms with Crippen LogP contribution >= 0.6 is 0 Å². The molecule has 1 amide bonds. The molecule has 0 saturated carbocycles. The van der Waals surface area contributed by atoms with Crippen molar-refractivity contribution in [1.29, 1.82) is 0 Å². The number of carbonyl (C=O) groups excluding carboxylic acids is 1. The van der Waals surface area contributed by atoms with Crippen LogP contribution in [0.25, 0.3) is 0 Å². The van der Waals surface area contributed by atoms with Gasteiger partial charge in [-0.15, -0.1) is 0 Å². The number of piperazine rings is 1. The minimum Gasteiger partial charge on any atom is -0.489 e. The van der Waals surface area contributed by atoms with Gasteiger partial charge >= 0.3 is 0 Å². The third-order valence-electron chi connectivity index (χ3n) is 6.14. The molecule has 0 N–H and O–H groups in total. The van der Waals surface area contributed by atoms with E-state index in [-0.39, 0.29) is 11.7 Å². The first-order valence-electron chi connectivity index (χ1n) is 11.6. The Kier molecular flexibility index (Phi) is 7.40. The molecule has 0 aromatic heterocycles. The summed E-state index contributed by atoms with van der Waals surface area (Å²) in [6.07, 6.45) is 0.